The quantitative estimate of drug-likeness (QED) is 0.832. The Morgan fingerprint density at radius 2 is 1.76 bits per heavy atom. The summed E-state index contributed by atoms with van der Waals surface area (Å²) >= 11 is 0. The van der Waals surface area contributed by atoms with Gasteiger partial charge in [0, 0.05) is 0 Å². The van der Waals surface area contributed by atoms with E-state index in [4.69, 9.17) is 4.42 Å². The van der Waals surface area contributed by atoms with Crippen LogP contribution in [0.5, 0.6) is 0 Å². The van der Waals surface area contributed by atoms with Gasteiger partial charge in [-0.3, -0.25) is 4.21 Å². The van der Waals surface area contributed by atoms with Crippen molar-refractivity contribution in [2.45, 2.75) is 31.4 Å². The minimum Gasteiger partial charge on any atom is -0.468 e. The number of hydrogen-bond acceptors (Lipinski definition) is 2. The monoisotopic (exact) mass is 248 g/mol. The maximum absolute atomic E-state index is 12.3. The molecule has 2 nitrogen and oxygen atoms in total. The fourth-order valence-electron chi connectivity index (χ4n) is 1.90. The van der Waals surface area contributed by atoms with Gasteiger partial charge in [-0.05, 0) is 43.5 Å². The van der Waals surface area contributed by atoms with Crippen LogP contribution in [0.25, 0.3) is 0 Å². The summed E-state index contributed by atoms with van der Waals surface area (Å²) in [6, 6.07) is 7.93. The molecular weight excluding hydrogens is 232 g/mol. The molecule has 0 fully saturated rings. The summed E-state index contributed by atoms with van der Waals surface area (Å²) in [7, 11) is -1.03. The van der Waals surface area contributed by atoms with Gasteiger partial charge >= 0.3 is 0 Å². The van der Waals surface area contributed by atoms with E-state index in [2.05, 4.69) is 26.0 Å². The van der Waals surface area contributed by atoms with Crippen molar-refractivity contribution in [3.05, 3.63) is 53.0 Å². The number of hydrogen-bond donors (Lipinski definition) is 0. The van der Waals surface area contributed by atoms with Crippen molar-refractivity contribution in [2.75, 3.05) is 0 Å². The fourth-order valence-corrected chi connectivity index (χ4v) is 3.34. The van der Waals surface area contributed by atoms with E-state index in [1.807, 2.05) is 13.0 Å². The standard InChI is InChI=1S/C14H16O2S/c1-10-5-4-6-11(2)13(10)9-17(15)14-7-8-16-12(14)3/h4-8H,9H2,1-3H3/t17-/m0/s1. The van der Waals surface area contributed by atoms with Crippen molar-refractivity contribution in [1.29, 1.82) is 0 Å². The highest BCUT2D eigenvalue weighted by atomic mass is 32.2. The van der Waals surface area contributed by atoms with Crippen molar-refractivity contribution in [3.8, 4) is 0 Å². The molecule has 0 spiro atoms. The summed E-state index contributed by atoms with van der Waals surface area (Å²) in [6.07, 6.45) is 1.59. The van der Waals surface area contributed by atoms with Gasteiger partial charge in [-0.2, -0.15) is 0 Å². The summed E-state index contributed by atoms with van der Waals surface area (Å²) in [5.41, 5.74) is 3.56. The Bertz CT molecular complexity index is 535. The molecule has 2 rings (SSSR count). The molecule has 90 valence electrons. The van der Waals surface area contributed by atoms with Crippen LogP contribution in [0.15, 0.2) is 39.8 Å². The van der Waals surface area contributed by atoms with Gasteiger partial charge in [-0.15, -0.1) is 0 Å². The van der Waals surface area contributed by atoms with Gasteiger partial charge in [-0.1, -0.05) is 18.2 Å². The van der Waals surface area contributed by atoms with Crippen LogP contribution in [0.4, 0.5) is 0 Å². The second-order valence-corrected chi connectivity index (χ2v) is 5.62. The summed E-state index contributed by atoms with van der Waals surface area (Å²) in [5.74, 6) is 1.30. The predicted octanol–water partition coefficient (Wildman–Crippen LogP) is 3.51. The molecule has 1 atom stereocenters. The Morgan fingerprint density at radius 3 is 2.29 bits per heavy atom. The highest BCUT2D eigenvalue weighted by Crippen LogP contribution is 2.21. The molecule has 0 saturated heterocycles. The zero-order chi connectivity index (χ0) is 12.4. The topological polar surface area (TPSA) is 30.2 Å². The number of rotatable bonds is 3. The van der Waals surface area contributed by atoms with E-state index in [9.17, 15) is 4.21 Å². The molecule has 0 amide bonds. The molecule has 0 saturated carbocycles. The van der Waals surface area contributed by atoms with E-state index in [1.54, 1.807) is 12.3 Å². The highest BCUT2D eigenvalue weighted by Gasteiger charge is 2.12. The molecule has 2 aromatic rings. The lowest BCUT2D eigenvalue weighted by atomic mass is 10.1. The third-order valence-electron chi connectivity index (χ3n) is 2.98. The second kappa shape index (κ2) is 4.88. The normalized spacial score (nSPS) is 12.6. The maximum atomic E-state index is 12.3. The van der Waals surface area contributed by atoms with Crippen LogP contribution in [0, 0.1) is 20.8 Å². The summed E-state index contributed by atoms with van der Waals surface area (Å²) in [6.45, 7) is 5.96. The highest BCUT2D eigenvalue weighted by molar-refractivity contribution is 7.84. The molecule has 1 heterocycles. The van der Waals surface area contributed by atoms with E-state index in [1.165, 1.54) is 16.7 Å². The minimum absolute atomic E-state index is 0.554. The van der Waals surface area contributed by atoms with E-state index in [0.29, 0.717) is 5.75 Å². The van der Waals surface area contributed by atoms with Crippen LogP contribution in [0.1, 0.15) is 22.5 Å². The average molecular weight is 248 g/mol. The molecule has 0 radical (unpaired) electrons. The zero-order valence-corrected chi connectivity index (χ0v) is 11.1. The first kappa shape index (κ1) is 12.1. The Morgan fingerprint density at radius 1 is 1.12 bits per heavy atom. The van der Waals surface area contributed by atoms with E-state index in [0.717, 1.165) is 10.7 Å². The van der Waals surface area contributed by atoms with Gasteiger partial charge in [0.2, 0.25) is 0 Å². The summed E-state index contributed by atoms with van der Waals surface area (Å²) in [4.78, 5) is 0.799. The Labute approximate surface area is 104 Å². The van der Waals surface area contributed by atoms with Crippen LogP contribution in [0.2, 0.25) is 0 Å². The van der Waals surface area contributed by atoms with Gasteiger partial charge < -0.3 is 4.42 Å². The maximum Gasteiger partial charge on any atom is 0.116 e. The van der Waals surface area contributed by atoms with Crippen LogP contribution in [-0.4, -0.2) is 4.21 Å². The van der Waals surface area contributed by atoms with Crippen molar-refractivity contribution < 1.29 is 8.63 Å². The summed E-state index contributed by atoms with van der Waals surface area (Å²) in [5, 5.41) is 0. The van der Waals surface area contributed by atoms with E-state index < -0.39 is 10.8 Å². The van der Waals surface area contributed by atoms with Gasteiger partial charge in [0.25, 0.3) is 0 Å². The van der Waals surface area contributed by atoms with Crippen LogP contribution in [-0.2, 0) is 16.6 Å². The smallest absolute Gasteiger partial charge is 0.116 e. The SMILES string of the molecule is Cc1cccc(C)c1C[S@](=O)c1ccoc1C. The molecule has 0 unspecified atom stereocenters. The molecule has 1 aromatic carbocycles. The van der Waals surface area contributed by atoms with Crippen molar-refractivity contribution in [1.82, 2.24) is 0 Å². The lowest BCUT2D eigenvalue weighted by Crippen LogP contribution is -2.01. The first-order chi connectivity index (χ1) is 8.09. The molecule has 0 aliphatic rings. The fraction of sp³-hybridized carbons (Fsp3) is 0.286. The van der Waals surface area contributed by atoms with Crippen molar-refractivity contribution in [3.63, 3.8) is 0 Å². The third kappa shape index (κ3) is 2.50. The van der Waals surface area contributed by atoms with Crippen LogP contribution < -0.4 is 0 Å². The van der Waals surface area contributed by atoms with Crippen molar-refractivity contribution in [2.24, 2.45) is 0 Å². The molecule has 0 aliphatic heterocycles. The van der Waals surface area contributed by atoms with Crippen LogP contribution >= 0.6 is 0 Å². The lowest BCUT2D eigenvalue weighted by molar-refractivity contribution is 0.526. The summed E-state index contributed by atoms with van der Waals surface area (Å²) < 4.78 is 17.4. The molecule has 0 N–H and O–H groups in total. The lowest BCUT2D eigenvalue weighted by Gasteiger charge is -2.08. The molecule has 0 bridgehead atoms. The molecule has 0 aliphatic carbocycles. The van der Waals surface area contributed by atoms with Gasteiger partial charge in [0.05, 0.1) is 27.7 Å². The Kier molecular flexibility index (Phi) is 3.48. The average Bonchev–Trinajstić information content (AvgIpc) is 2.70. The van der Waals surface area contributed by atoms with Crippen molar-refractivity contribution >= 4 is 10.8 Å². The first-order valence-electron chi connectivity index (χ1n) is 5.57. The van der Waals surface area contributed by atoms with E-state index >= 15 is 0 Å². The zero-order valence-electron chi connectivity index (χ0n) is 10.3. The largest absolute Gasteiger partial charge is 0.468 e. The van der Waals surface area contributed by atoms with Gasteiger partial charge in [0.1, 0.15) is 5.76 Å². The Balaban J connectivity index is 2.28. The van der Waals surface area contributed by atoms with Gasteiger partial charge in [-0.25, -0.2) is 0 Å². The number of aryl methyl sites for hydroxylation is 3. The molecule has 1 aromatic heterocycles. The molecule has 3 heteroatoms. The van der Waals surface area contributed by atoms with Crippen LogP contribution in [0.3, 0.4) is 0 Å². The molecule has 17 heavy (non-hydrogen) atoms. The second-order valence-electron chi connectivity index (χ2n) is 4.20. The third-order valence-corrected chi connectivity index (χ3v) is 4.44. The predicted molar refractivity (Wildman–Crippen MR) is 69.5 cm³/mol. The minimum atomic E-state index is -1.03. The number of benzene rings is 1. The first-order valence-corrected chi connectivity index (χ1v) is 6.89. The number of furan rings is 1. The molecular formula is C14H16O2S. The van der Waals surface area contributed by atoms with E-state index in [-0.39, 0.29) is 0 Å². The van der Waals surface area contributed by atoms with Gasteiger partial charge in [0.15, 0.2) is 0 Å². The Hall–Kier alpha value is -1.35.